The molecule has 1 aliphatic heterocycles. The third kappa shape index (κ3) is 2.49. The molecule has 2 unspecified atom stereocenters. The number of carbonyl (C=O) groups excluding carboxylic acids is 1. The molecule has 0 spiro atoms. The second-order valence-electron chi connectivity index (χ2n) is 4.52. The van der Waals surface area contributed by atoms with Crippen LogP contribution in [0.5, 0.6) is 0 Å². The Balaban J connectivity index is 2.61. The van der Waals surface area contributed by atoms with Crippen molar-refractivity contribution in [3.05, 3.63) is 0 Å². The van der Waals surface area contributed by atoms with Gasteiger partial charge in [-0.25, -0.2) is 0 Å². The van der Waals surface area contributed by atoms with E-state index in [2.05, 4.69) is 0 Å². The average Bonchev–Trinajstić information content (AvgIpc) is 2.75. The Bertz CT molecular complexity index is 227. The number of nitrogens with zero attached hydrogens (tertiary/aromatic N) is 1. The van der Waals surface area contributed by atoms with Crippen molar-refractivity contribution < 1.29 is 9.53 Å². The Labute approximate surface area is 91.8 Å². The molecule has 0 aromatic carbocycles. The van der Waals surface area contributed by atoms with Crippen LogP contribution >= 0.6 is 0 Å². The number of carbonyl (C=O) groups is 1. The Morgan fingerprint density at radius 2 is 2.33 bits per heavy atom. The highest BCUT2D eigenvalue weighted by Crippen LogP contribution is 2.25. The minimum absolute atomic E-state index is 0.173. The molecule has 1 saturated heterocycles. The van der Waals surface area contributed by atoms with Gasteiger partial charge in [-0.3, -0.25) is 4.79 Å². The first-order valence-corrected chi connectivity index (χ1v) is 5.59. The van der Waals surface area contributed by atoms with Crippen LogP contribution in [0.3, 0.4) is 0 Å². The molecule has 15 heavy (non-hydrogen) atoms. The fraction of sp³-hybridized carbons (Fsp3) is 0.909. The third-order valence-corrected chi connectivity index (χ3v) is 3.51. The van der Waals surface area contributed by atoms with Gasteiger partial charge in [0.2, 0.25) is 5.91 Å². The van der Waals surface area contributed by atoms with Crippen molar-refractivity contribution in [2.45, 2.75) is 32.8 Å². The molecule has 1 aliphatic rings. The summed E-state index contributed by atoms with van der Waals surface area (Å²) >= 11 is 0. The predicted molar refractivity (Wildman–Crippen MR) is 59.4 cm³/mol. The molecule has 88 valence electrons. The third-order valence-electron chi connectivity index (χ3n) is 3.51. The summed E-state index contributed by atoms with van der Waals surface area (Å²) in [5, 5.41) is 0. The SMILES string of the molecule is CCC(C)(CN)C(=O)N1CCC(OC)C1. The van der Waals surface area contributed by atoms with Crippen LogP contribution < -0.4 is 5.73 Å². The smallest absolute Gasteiger partial charge is 0.229 e. The van der Waals surface area contributed by atoms with Crippen molar-refractivity contribution in [2.75, 3.05) is 26.7 Å². The summed E-state index contributed by atoms with van der Waals surface area (Å²) in [5.74, 6) is 0.173. The number of rotatable bonds is 4. The zero-order valence-electron chi connectivity index (χ0n) is 9.95. The van der Waals surface area contributed by atoms with Crippen molar-refractivity contribution in [3.63, 3.8) is 0 Å². The van der Waals surface area contributed by atoms with Crippen LogP contribution in [0.2, 0.25) is 0 Å². The van der Waals surface area contributed by atoms with Gasteiger partial charge < -0.3 is 15.4 Å². The highest BCUT2D eigenvalue weighted by molar-refractivity contribution is 5.82. The first-order valence-electron chi connectivity index (χ1n) is 5.59. The molecule has 0 aromatic heterocycles. The Kier molecular flexibility index (Phi) is 4.11. The molecular weight excluding hydrogens is 192 g/mol. The predicted octanol–water partition coefficient (Wildman–Crippen LogP) is 0.609. The van der Waals surface area contributed by atoms with Crippen LogP contribution in [0.4, 0.5) is 0 Å². The molecule has 4 nitrogen and oxygen atoms in total. The number of hydrogen-bond acceptors (Lipinski definition) is 3. The zero-order valence-corrected chi connectivity index (χ0v) is 9.95. The van der Waals surface area contributed by atoms with E-state index in [1.165, 1.54) is 0 Å². The van der Waals surface area contributed by atoms with Gasteiger partial charge in [0.05, 0.1) is 11.5 Å². The van der Waals surface area contributed by atoms with Crippen LogP contribution in [-0.2, 0) is 9.53 Å². The van der Waals surface area contributed by atoms with E-state index in [-0.39, 0.29) is 12.0 Å². The van der Waals surface area contributed by atoms with E-state index in [1.807, 2.05) is 18.7 Å². The second-order valence-corrected chi connectivity index (χ2v) is 4.52. The highest BCUT2D eigenvalue weighted by atomic mass is 16.5. The summed E-state index contributed by atoms with van der Waals surface area (Å²) in [6.07, 6.45) is 1.93. The lowest BCUT2D eigenvalue weighted by atomic mass is 9.86. The molecule has 2 N–H and O–H groups in total. The van der Waals surface area contributed by atoms with Crippen LogP contribution in [0.25, 0.3) is 0 Å². The van der Waals surface area contributed by atoms with Gasteiger partial charge in [0.15, 0.2) is 0 Å². The molecule has 0 aromatic rings. The van der Waals surface area contributed by atoms with E-state index in [1.54, 1.807) is 7.11 Å². The normalized spacial score (nSPS) is 25.3. The lowest BCUT2D eigenvalue weighted by Gasteiger charge is -2.30. The molecule has 1 rings (SSSR count). The van der Waals surface area contributed by atoms with Gasteiger partial charge in [-0.1, -0.05) is 6.92 Å². The molecule has 0 saturated carbocycles. The number of hydrogen-bond donors (Lipinski definition) is 1. The molecular formula is C11H22N2O2. The lowest BCUT2D eigenvalue weighted by molar-refractivity contribution is -0.140. The van der Waals surface area contributed by atoms with Crippen LogP contribution in [-0.4, -0.2) is 43.7 Å². The van der Waals surface area contributed by atoms with Gasteiger partial charge in [-0.05, 0) is 19.8 Å². The fourth-order valence-electron chi connectivity index (χ4n) is 1.87. The van der Waals surface area contributed by atoms with Crippen molar-refractivity contribution in [2.24, 2.45) is 11.1 Å². The molecule has 4 heteroatoms. The number of likely N-dealkylation sites (tertiary alicyclic amines) is 1. The summed E-state index contributed by atoms with van der Waals surface area (Å²) in [6, 6.07) is 0. The molecule has 0 radical (unpaired) electrons. The van der Waals surface area contributed by atoms with Crippen molar-refractivity contribution >= 4 is 5.91 Å². The highest BCUT2D eigenvalue weighted by Gasteiger charge is 2.37. The van der Waals surface area contributed by atoms with E-state index in [0.717, 1.165) is 19.4 Å². The van der Waals surface area contributed by atoms with Crippen LogP contribution in [0, 0.1) is 5.41 Å². The van der Waals surface area contributed by atoms with E-state index in [4.69, 9.17) is 10.5 Å². The number of ether oxygens (including phenoxy) is 1. The van der Waals surface area contributed by atoms with Gasteiger partial charge in [-0.2, -0.15) is 0 Å². The largest absolute Gasteiger partial charge is 0.380 e. The Morgan fingerprint density at radius 3 is 2.73 bits per heavy atom. The summed E-state index contributed by atoms with van der Waals surface area (Å²) in [7, 11) is 1.70. The standard InChI is InChI=1S/C11H22N2O2/c1-4-11(2,8-12)10(14)13-6-5-9(7-13)15-3/h9H,4-8,12H2,1-3H3. The molecule has 1 heterocycles. The minimum Gasteiger partial charge on any atom is -0.380 e. The maximum Gasteiger partial charge on any atom is 0.229 e. The number of nitrogens with two attached hydrogens (primary N) is 1. The average molecular weight is 214 g/mol. The molecule has 0 aliphatic carbocycles. The topological polar surface area (TPSA) is 55.6 Å². The van der Waals surface area contributed by atoms with E-state index < -0.39 is 5.41 Å². The zero-order chi connectivity index (χ0) is 11.5. The summed E-state index contributed by atoms with van der Waals surface area (Å²) in [6.45, 7) is 5.87. The quantitative estimate of drug-likeness (QED) is 0.746. The van der Waals surface area contributed by atoms with E-state index >= 15 is 0 Å². The fourth-order valence-corrected chi connectivity index (χ4v) is 1.87. The maximum atomic E-state index is 12.2. The monoisotopic (exact) mass is 214 g/mol. The number of amides is 1. The van der Waals surface area contributed by atoms with Crippen LogP contribution in [0.15, 0.2) is 0 Å². The lowest BCUT2D eigenvalue weighted by Crippen LogP contribution is -2.45. The minimum atomic E-state index is -0.400. The van der Waals surface area contributed by atoms with Gasteiger partial charge >= 0.3 is 0 Å². The van der Waals surface area contributed by atoms with E-state index in [9.17, 15) is 4.79 Å². The van der Waals surface area contributed by atoms with Gasteiger partial charge in [0.1, 0.15) is 0 Å². The molecule has 1 fully saturated rings. The van der Waals surface area contributed by atoms with Gasteiger partial charge in [-0.15, -0.1) is 0 Å². The van der Waals surface area contributed by atoms with Crippen molar-refractivity contribution in [1.82, 2.24) is 4.90 Å². The first-order chi connectivity index (χ1) is 7.07. The molecule has 0 bridgehead atoms. The van der Waals surface area contributed by atoms with Crippen molar-refractivity contribution in [1.29, 1.82) is 0 Å². The summed E-state index contributed by atoms with van der Waals surface area (Å²) in [4.78, 5) is 14.1. The number of methoxy groups -OCH3 is 1. The van der Waals surface area contributed by atoms with Crippen LogP contribution in [0.1, 0.15) is 26.7 Å². The summed E-state index contributed by atoms with van der Waals surface area (Å²) in [5.41, 5.74) is 5.27. The summed E-state index contributed by atoms with van der Waals surface area (Å²) < 4.78 is 5.25. The second kappa shape index (κ2) is 4.94. The van der Waals surface area contributed by atoms with Gasteiger partial charge in [0.25, 0.3) is 0 Å². The molecule has 2 atom stereocenters. The molecule has 1 amide bonds. The first kappa shape index (κ1) is 12.5. The van der Waals surface area contributed by atoms with E-state index in [0.29, 0.717) is 13.1 Å². The Hall–Kier alpha value is -0.610. The van der Waals surface area contributed by atoms with Crippen molar-refractivity contribution in [3.8, 4) is 0 Å². The Morgan fingerprint density at radius 1 is 1.67 bits per heavy atom. The maximum absolute atomic E-state index is 12.2. The van der Waals surface area contributed by atoms with Gasteiger partial charge in [0, 0.05) is 26.7 Å².